The van der Waals surface area contributed by atoms with Crippen LogP contribution >= 0.6 is 11.6 Å². The van der Waals surface area contributed by atoms with E-state index >= 15 is 0 Å². The van der Waals surface area contributed by atoms with Gasteiger partial charge in [-0.25, -0.2) is 0 Å². The van der Waals surface area contributed by atoms with Crippen LogP contribution in [0.2, 0.25) is 5.02 Å². The maximum atomic E-state index is 5.78. The molecule has 0 saturated carbocycles. The first-order chi connectivity index (χ1) is 7.66. The summed E-state index contributed by atoms with van der Waals surface area (Å²) in [4.78, 5) is 0. The Morgan fingerprint density at radius 3 is 2.50 bits per heavy atom. The molecule has 1 heterocycles. The molecule has 1 aromatic heterocycles. The summed E-state index contributed by atoms with van der Waals surface area (Å²) in [7, 11) is 0. The highest BCUT2D eigenvalue weighted by Gasteiger charge is 2.04. The molecule has 4 heteroatoms. The Labute approximate surface area is 98.5 Å². The van der Waals surface area contributed by atoms with Gasteiger partial charge in [-0.05, 0) is 30.7 Å². The average molecular weight is 235 g/mol. The lowest BCUT2D eigenvalue weighted by molar-refractivity contribution is 0.408. The Morgan fingerprint density at radius 2 is 1.94 bits per heavy atom. The predicted octanol–water partition coefficient (Wildman–Crippen LogP) is 3.39. The third kappa shape index (κ3) is 2.25. The number of benzene rings is 1. The number of anilines is 1. The van der Waals surface area contributed by atoms with Crippen molar-refractivity contribution in [3.8, 4) is 0 Å². The molecular weight excluding hydrogens is 224 g/mol. The second kappa shape index (κ2) is 4.41. The minimum absolute atomic E-state index is 0.574. The molecule has 0 fully saturated rings. The summed E-state index contributed by atoms with van der Waals surface area (Å²) in [6.07, 6.45) is 3.69. The Hall–Kier alpha value is -1.74. The van der Waals surface area contributed by atoms with Gasteiger partial charge in [-0.3, -0.25) is 0 Å². The molecule has 0 aliphatic rings. The first-order valence-corrected chi connectivity index (χ1v) is 5.20. The van der Waals surface area contributed by atoms with Crippen LogP contribution in [-0.4, -0.2) is 5.16 Å². The van der Waals surface area contributed by atoms with Gasteiger partial charge in [-0.1, -0.05) is 35.0 Å². The lowest BCUT2D eigenvalue weighted by atomic mass is 10.2. The van der Waals surface area contributed by atoms with E-state index in [0.29, 0.717) is 22.2 Å². The van der Waals surface area contributed by atoms with Gasteiger partial charge < -0.3 is 10.3 Å². The van der Waals surface area contributed by atoms with Crippen LogP contribution in [0, 0.1) is 6.92 Å². The van der Waals surface area contributed by atoms with E-state index in [0.717, 1.165) is 5.56 Å². The minimum Gasteiger partial charge on any atom is -0.394 e. The molecule has 0 radical (unpaired) electrons. The maximum absolute atomic E-state index is 5.78. The van der Waals surface area contributed by atoms with E-state index in [2.05, 4.69) is 5.16 Å². The van der Waals surface area contributed by atoms with Crippen molar-refractivity contribution >= 4 is 29.4 Å². The zero-order chi connectivity index (χ0) is 11.5. The van der Waals surface area contributed by atoms with Gasteiger partial charge in [0.15, 0.2) is 5.76 Å². The van der Waals surface area contributed by atoms with Crippen molar-refractivity contribution in [3.63, 3.8) is 0 Å². The van der Waals surface area contributed by atoms with Crippen LogP contribution in [0.25, 0.3) is 12.2 Å². The fourth-order valence-electron chi connectivity index (χ4n) is 1.26. The summed E-state index contributed by atoms with van der Waals surface area (Å²) < 4.78 is 5.05. The van der Waals surface area contributed by atoms with Gasteiger partial charge in [0, 0.05) is 5.02 Å². The smallest absolute Gasteiger partial charge is 0.182 e. The van der Waals surface area contributed by atoms with Gasteiger partial charge in [0.25, 0.3) is 0 Å². The standard InChI is InChI=1S/C12H11ClN2O/c1-8-12(14)11(16-15-8)7-4-9-2-5-10(13)6-3-9/h2-7H,14H2,1H3/b7-4+. The molecule has 2 aromatic rings. The van der Waals surface area contributed by atoms with Crippen LogP contribution in [0.4, 0.5) is 5.69 Å². The van der Waals surface area contributed by atoms with E-state index in [9.17, 15) is 0 Å². The quantitative estimate of drug-likeness (QED) is 0.867. The van der Waals surface area contributed by atoms with E-state index in [4.69, 9.17) is 21.9 Å². The van der Waals surface area contributed by atoms with Crippen molar-refractivity contribution in [2.45, 2.75) is 6.92 Å². The number of nitrogen functional groups attached to an aromatic ring is 1. The molecule has 0 bridgehead atoms. The van der Waals surface area contributed by atoms with Crippen LogP contribution in [0.5, 0.6) is 0 Å². The highest BCUT2D eigenvalue weighted by Crippen LogP contribution is 2.19. The highest BCUT2D eigenvalue weighted by molar-refractivity contribution is 6.30. The maximum Gasteiger partial charge on any atom is 0.182 e. The van der Waals surface area contributed by atoms with Gasteiger partial charge in [0.1, 0.15) is 11.4 Å². The molecule has 82 valence electrons. The zero-order valence-corrected chi connectivity index (χ0v) is 9.53. The molecule has 2 rings (SSSR count). The number of rotatable bonds is 2. The Balaban J connectivity index is 2.21. The van der Waals surface area contributed by atoms with Crippen molar-refractivity contribution < 1.29 is 4.52 Å². The molecule has 3 nitrogen and oxygen atoms in total. The molecule has 0 aliphatic carbocycles. The van der Waals surface area contributed by atoms with Gasteiger partial charge >= 0.3 is 0 Å². The largest absolute Gasteiger partial charge is 0.394 e. The Bertz CT molecular complexity index is 514. The third-order valence-corrected chi connectivity index (χ3v) is 2.49. The summed E-state index contributed by atoms with van der Waals surface area (Å²) in [5.74, 6) is 0.576. The number of halogens is 1. The molecule has 0 amide bonds. The van der Waals surface area contributed by atoms with Gasteiger partial charge in [0.05, 0.1) is 0 Å². The topological polar surface area (TPSA) is 52.0 Å². The molecule has 0 unspecified atom stereocenters. The van der Waals surface area contributed by atoms with Crippen molar-refractivity contribution in [3.05, 3.63) is 46.3 Å². The molecular formula is C12H11ClN2O. The van der Waals surface area contributed by atoms with Gasteiger partial charge in [0.2, 0.25) is 0 Å². The van der Waals surface area contributed by atoms with Crippen molar-refractivity contribution in [1.82, 2.24) is 5.16 Å². The molecule has 1 aromatic carbocycles. The fourth-order valence-corrected chi connectivity index (χ4v) is 1.39. The van der Waals surface area contributed by atoms with Crippen LogP contribution < -0.4 is 5.73 Å². The molecule has 0 atom stereocenters. The lowest BCUT2D eigenvalue weighted by Gasteiger charge is -1.93. The van der Waals surface area contributed by atoms with Crippen molar-refractivity contribution in [2.75, 3.05) is 5.73 Å². The third-order valence-electron chi connectivity index (χ3n) is 2.23. The first-order valence-electron chi connectivity index (χ1n) is 4.82. The number of hydrogen-bond donors (Lipinski definition) is 1. The molecule has 0 saturated heterocycles. The van der Waals surface area contributed by atoms with Crippen LogP contribution in [0.3, 0.4) is 0 Å². The number of nitrogens with zero attached hydrogens (tertiary/aromatic N) is 1. The zero-order valence-electron chi connectivity index (χ0n) is 8.77. The summed E-state index contributed by atoms with van der Waals surface area (Å²) >= 11 is 5.78. The van der Waals surface area contributed by atoms with E-state index < -0.39 is 0 Å². The van der Waals surface area contributed by atoms with Gasteiger partial charge in [-0.15, -0.1) is 0 Å². The molecule has 16 heavy (non-hydrogen) atoms. The summed E-state index contributed by atoms with van der Waals surface area (Å²) in [6.45, 7) is 1.80. The van der Waals surface area contributed by atoms with E-state index in [-0.39, 0.29) is 0 Å². The Morgan fingerprint density at radius 1 is 1.25 bits per heavy atom. The highest BCUT2D eigenvalue weighted by atomic mass is 35.5. The Kier molecular flexibility index (Phi) is 2.97. The SMILES string of the molecule is Cc1noc(/C=C/c2ccc(Cl)cc2)c1N. The van der Waals surface area contributed by atoms with Gasteiger partial charge in [-0.2, -0.15) is 0 Å². The summed E-state index contributed by atoms with van der Waals surface area (Å²) in [5, 5.41) is 4.49. The second-order valence-electron chi connectivity index (χ2n) is 3.43. The molecule has 2 N–H and O–H groups in total. The number of aryl methyl sites for hydroxylation is 1. The van der Waals surface area contributed by atoms with Crippen molar-refractivity contribution in [1.29, 1.82) is 0 Å². The summed E-state index contributed by atoms with van der Waals surface area (Å²) in [6, 6.07) is 7.49. The monoisotopic (exact) mass is 234 g/mol. The minimum atomic E-state index is 0.574. The molecule has 0 spiro atoms. The van der Waals surface area contributed by atoms with Crippen LogP contribution in [0.1, 0.15) is 17.0 Å². The lowest BCUT2D eigenvalue weighted by Crippen LogP contribution is -1.86. The van der Waals surface area contributed by atoms with E-state index in [1.54, 1.807) is 13.0 Å². The normalized spacial score (nSPS) is 11.1. The van der Waals surface area contributed by atoms with Crippen LogP contribution in [-0.2, 0) is 0 Å². The number of hydrogen-bond acceptors (Lipinski definition) is 3. The molecule has 0 aliphatic heterocycles. The predicted molar refractivity (Wildman–Crippen MR) is 66.0 cm³/mol. The second-order valence-corrected chi connectivity index (χ2v) is 3.87. The van der Waals surface area contributed by atoms with E-state index in [1.165, 1.54) is 0 Å². The van der Waals surface area contributed by atoms with Crippen molar-refractivity contribution in [2.24, 2.45) is 0 Å². The van der Waals surface area contributed by atoms with Crippen LogP contribution in [0.15, 0.2) is 28.8 Å². The average Bonchev–Trinajstić information content (AvgIpc) is 2.60. The van der Waals surface area contributed by atoms with E-state index in [1.807, 2.05) is 30.3 Å². The number of aromatic nitrogens is 1. The number of nitrogens with two attached hydrogens (primary N) is 1. The fraction of sp³-hybridized carbons (Fsp3) is 0.0833. The summed E-state index contributed by atoms with van der Waals surface area (Å²) in [5.41, 5.74) is 8.07. The first kappa shape index (κ1) is 10.8.